The largest absolute Gasteiger partial charge is 0.500 e. The Kier molecular flexibility index (Phi) is 14.9. The van der Waals surface area contributed by atoms with E-state index in [1.54, 1.807) is 0 Å². The van der Waals surface area contributed by atoms with Crippen molar-refractivity contribution in [2.45, 2.75) is 85.1 Å². The van der Waals surface area contributed by atoms with Crippen molar-refractivity contribution in [1.82, 2.24) is 0 Å². The van der Waals surface area contributed by atoms with E-state index in [9.17, 15) is 0 Å². The molecule has 0 aromatic carbocycles. The molecule has 0 spiro atoms. The van der Waals surface area contributed by atoms with Gasteiger partial charge in [-0.25, -0.2) is 0 Å². The minimum absolute atomic E-state index is 0.647. The first-order valence-corrected chi connectivity index (χ1v) is 11.4. The topological polar surface area (TPSA) is 27.7 Å². The van der Waals surface area contributed by atoms with Gasteiger partial charge >= 0.3 is 8.80 Å². The molecule has 0 saturated heterocycles. The molecule has 0 heterocycles. The lowest BCUT2D eigenvalue weighted by atomic mass is 10.1. The van der Waals surface area contributed by atoms with Crippen molar-refractivity contribution < 1.29 is 13.3 Å². The lowest BCUT2D eigenvalue weighted by Gasteiger charge is -2.28. The summed E-state index contributed by atoms with van der Waals surface area (Å²) >= 11 is 5.51. The highest BCUT2D eigenvalue weighted by molar-refractivity contribution is 7.80. The molecular formula is C17H36O3SSi. The molecule has 0 aromatic rings. The van der Waals surface area contributed by atoms with Crippen LogP contribution in [0.5, 0.6) is 0 Å². The summed E-state index contributed by atoms with van der Waals surface area (Å²) in [5.41, 5.74) is 0. The van der Waals surface area contributed by atoms with Crippen LogP contribution in [0.1, 0.15) is 79.1 Å². The first kappa shape index (κ1) is 22.2. The second-order valence-electron chi connectivity index (χ2n) is 5.54. The predicted molar refractivity (Wildman–Crippen MR) is 101 cm³/mol. The lowest BCUT2D eigenvalue weighted by Crippen LogP contribution is -2.45. The van der Waals surface area contributed by atoms with Crippen molar-refractivity contribution in [2.75, 3.05) is 19.8 Å². The Bertz CT molecular complexity index is 258. The molecule has 0 radical (unpaired) electrons. The summed E-state index contributed by atoms with van der Waals surface area (Å²) in [6.45, 7) is 10.2. The molecule has 22 heavy (non-hydrogen) atoms. The molecule has 0 aliphatic carbocycles. The summed E-state index contributed by atoms with van der Waals surface area (Å²) in [5, 5.41) is 0. The van der Waals surface area contributed by atoms with Crippen molar-refractivity contribution in [3.05, 3.63) is 0 Å². The van der Waals surface area contributed by atoms with Gasteiger partial charge in [0.05, 0.1) is 0 Å². The molecule has 0 saturated carbocycles. The highest BCUT2D eigenvalue weighted by Gasteiger charge is 2.39. The van der Waals surface area contributed by atoms with Gasteiger partial charge in [0.1, 0.15) is 0 Å². The maximum absolute atomic E-state index is 5.87. The van der Waals surface area contributed by atoms with E-state index >= 15 is 0 Å². The van der Waals surface area contributed by atoms with Crippen LogP contribution in [-0.2, 0) is 13.3 Å². The molecule has 0 N–H and O–H groups in total. The SMILES string of the molecule is CCCCCCCC(=S)CCC[Si](OCC)(OCC)OCC. The van der Waals surface area contributed by atoms with Crippen molar-refractivity contribution in [2.24, 2.45) is 0 Å². The van der Waals surface area contributed by atoms with E-state index in [4.69, 9.17) is 25.5 Å². The van der Waals surface area contributed by atoms with Gasteiger partial charge < -0.3 is 13.3 Å². The molecule has 3 nitrogen and oxygen atoms in total. The van der Waals surface area contributed by atoms with E-state index in [2.05, 4.69) is 6.92 Å². The fraction of sp³-hybridized carbons (Fsp3) is 0.941. The molecule has 0 bridgehead atoms. The van der Waals surface area contributed by atoms with Crippen LogP contribution in [0.4, 0.5) is 0 Å². The summed E-state index contributed by atoms with van der Waals surface area (Å²) < 4.78 is 17.6. The Hall–Kier alpha value is 0.187. The Morgan fingerprint density at radius 3 is 1.73 bits per heavy atom. The maximum Gasteiger partial charge on any atom is 0.500 e. The zero-order valence-corrected chi connectivity index (χ0v) is 16.9. The quantitative estimate of drug-likeness (QED) is 0.208. The fourth-order valence-electron chi connectivity index (χ4n) is 2.55. The van der Waals surface area contributed by atoms with Gasteiger partial charge in [0, 0.05) is 25.9 Å². The highest BCUT2D eigenvalue weighted by Crippen LogP contribution is 2.20. The lowest BCUT2D eigenvalue weighted by molar-refractivity contribution is 0.0710. The highest BCUT2D eigenvalue weighted by atomic mass is 32.1. The third-order valence-corrected chi connectivity index (χ3v) is 7.15. The van der Waals surface area contributed by atoms with Crippen LogP contribution >= 0.6 is 12.2 Å². The summed E-state index contributed by atoms with van der Waals surface area (Å²) in [7, 11) is -2.47. The van der Waals surface area contributed by atoms with Crippen LogP contribution in [-0.4, -0.2) is 33.5 Å². The monoisotopic (exact) mass is 348 g/mol. The van der Waals surface area contributed by atoms with E-state index in [-0.39, 0.29) is 0 Å². The van der Waals surface area contributed by atoms with Crippen molar-refractivity contribution in [3.63, 3.8) is 0 Å². The zero-order valence-electron chi connectivity index (χ0n) is 15.1. The molecule has 0 fully saturated rings. The van der Waals surface area contributed by atoms with Gasteiger partial charge in [-0.05, 0) is 51.3 Å². The average Bonchev–Trinajstić information content (AvgIpc) is 2.48. The molecule has 0 amide bonds. The van der Waals surface area contributed by atoms with Gasteiger partial charge in [-0.3, -0.25) is 0 Å². The molecule has 132 valence electrons. The van der Waals surface area contributed by atoms with E-state index < -0.39 is 8.80 Å². The van der Waals surface area contributed by atoms with Crippen molar-refractivity contribution >= 4 is 25.9 Å². The van der Waals surface area contributed by atoms with E-state index in [1.165, 1.54) is 37.0 Å². The number of unbranched alkanes of at least 4 members (excludes halogenated alkanes) is 4. The standard InChI is InChI=1S/C17H36O3SSi/c1-5-9-10-11-12-14-17(21)15-13-16-22(18-6-2,19-7-3)20-8-4/h5-16H2,1-4H3. The van der Waals surface area contributed by atoms with Gasteiger partial charge in [-0.15, -0.1) is 0 Å². The number of hydrogen-bond acceptors (Lipinski definition) is 4. The Morgan fingerprint density at radius 1 is 0.727 bits per heavy atom. The van der Waals surface area contributed by atoms with Gasteiger partial charge in [0.15, 0.2) is 0 Å². The van der Waals surface area contributed by atoms with Crippen LogP contribution in [0, 0.1) is 0 Å². The van der Waals surface area contributed by atoms with E-state index in [0.29, 0.717) is 19.8 Å². The second-order valence-corrected chi connectivity index (χ2v) is 8.85. The van der Waals surface area contributed by atoms with E-state index in [1.807, 2.05) is 20.8 Å². The van der Waals surface area contributed by atoms with Crippen molar-refractivity contribution in [3.8, 4) is 0 Å². The van der Waals surface area contributed by atoms with Crippen molar-refractivity contribution in [1.29, 1.82) is 0 Å². The fourth-order valence-corrected chi connectivity index (χ4v) is 5.45. The van der Waals surface area contributed by atoms with Crippen LogP contribution in [0.25, 0.3) is 0 Å². The first-order chi connectivity index (χ1) is 10.6. The van der Waals surface area contributed by atoms with Gasteiger partial charge in [0.2, 0.25) is 0 Å². The minimum Gasteiger partial charge on any atom is -0.374 e. The molecule has 0 rings (SSSR count). The number of thiocarbonyl (C=S) groups is 1. The number of hydrogen-bond donors (Lipinski definition) is 0. The minimum atomic E-state index is -2.47. The first-order valence-electron chi connectivity index (χ1n) is 9.07. The van der Waals surface area contributed by atoms with Crippen LogP contribution < -0.4 is 0 Å². The third-order valence-electron chi connectivity index (χ3n) is 3.59. The van der Waals surface area contributed by atoms with E-state index in [0.717, 1.165) is 25.3 Å². The normalized spacial score (nSPS) is 11.8. The van der Waals surface area contributed by atoms with Gasteiger partial charge in [-0.1, -0.05) is 44.8 Å². The second kappa shape index (κ2) is 14.8. The smallest absolute Gasteiger partial charge is 0.374 e. The maximum atomic E-state index is 5.87. The summed E-state index contributed by atoms with van der Waals surface area (Å²) in [6, 6.07) is 0.874. The third kappa shape index (κ3) is 10.8. The summed E-state index contributed by atoms with van der Waals surface area (Å²) in [4.78, 5) is 1.20. The molecular weight excluding hydrogens is 312 g/mol. The summed E-state index contributed by atoms with van der Waals surface area (Å²) in [6.07, 6.45) is 9.62. The Balaban J connectivity index is 4.01. The Labute approximate surface area is 144 Å². The van der Waals surface area contributed by atoms with Crippen LogP contribution in [0.15, 0.2) is 0 Å². The molecule has 0 unspecified atom stereocenters. The summed E-state index contributed by atoms with van der Waals surface area (Å²) in [5.74, 6) is 0. The molecule has 0 aliphatic heterocycles. The number of rotatable bonds is 16. The van der Waals surface area contributed by atoms with Gasteiger partial charge in [0.25, 0.3) is 0 Å². The zero-order chi connectivity index (χ0) is 16.7. The van der Waals surface area contributed by atoms with Crippen LogP contribution in [0.3, 0.4) is 0 Å². The van der Waals surface area contributed by atoms with Crippen LogP contribution in [0.2, 0.25) is 6.04 Å². The van der Waals surface area contributed by atoms with Gasteiger partial charge in [-0.2, -0.15) is 0 Å². The molecule has 0 atom stereocenters. The Morgan fingerprint density at radius 2 is 1.23 bits per heavy atom. The molecule has 0 aliphatic rings. The average molecular weight is 349 g/mol. The predicted octanol–water partition coefficient (Wildman–Crippen LogP) is 5.55. The molecule has 0 aromatic heterocycles. The molecule has 5 heteroatoms.